The number of rotatable bonds is 3. The molecule has 1 aromatic carbocycles. The number of carbonyl (C=O) groups excluding carboxylic acids is 2. The van der Waals surface area contributed by atoms with Gasteiger partial charge in [0.05, 0.1) is 7.11 Å². The highest BCUT2D eigenvalue weighted by molar-refractivity contribution is 9.10. The van der Waals surface area contributed by atoms with Crippen molar-refractivity contribution in [2.24, 2.45) is 7.05 Å². The maximum Gasteiger partial charge on any atom is 0.354 e. The van der Waals surface area contributed by atoms with E-state index in [1.165, 1.54) is 13.2 Å². The van der Waals surface area contributed by atoms with Gasteiger partial charge in [-0.25, -0.2) is 4.79 Å². The normalized spacial score (nSPS) is 10.3. The Balaban J connectivity index is 2.41. The van der Waals surface area contributed by atoms with Gasteiger partial charge in [-0.3, -0.25) is 4.79 Å². The number of ether oxygens (including phenoxy) is 1. The number of ketones is 1. The van der Waals surface area contributed by atoms with E-state index in [0.717, 1.165) is 4.47 Å². The van der Waals surface area contributed by atoms with Gasteiger partial charge in [0, 0.05) is 28.8 Å². The van der Waals surface area contributed by atoms with E-state index in [4.69, 9.17) is 0 Å². The second-order valence-corrected chi connectivity index (χ2v) is 4.88. The Morgan fingerprint density at radius 1 is 1.26 bits per heavy atom. The van der Waals surface area contributed by atoms with E-state index in [-0.39, 0.29) is 5.78 Å². The minimum Gasteiger partial charge on any atom is -0.464 e. The fourth-order valence-electron chi connectivity index (χ4n) is 1.80. The predicted octanol–water partition coefficient (Wildman–Crippen LogP) is 2.81. The molecule has 98 valence electrons. The smallest absolute Gasteiger partial charge is 0.354 e. The minimum absolute atomic E-state index is 0.141. The van der Waals surface area contributed by atoms with Crippen molar-refractivity contribution in [3.63, 3.8) is 0 Å². The third-order valence-electron chi connectivity index (χ3n) is 2.78. The molecule has 1 heterocycles. The van der Waals surface area contributed by atoms with E-state index in [1.54, 1.807) is 36.0 Å². The van der Waals surface area contributed by atoms with Crippen LogP contribution in [0.4, 0.5) is 0 Å². The Kier molecular flexibility index (Phi) is 3.85. The topological polar surface area (TPSA) is 48.3 Å². The molecule has 0 aliphatic carbocycles. The number of hydrogen-bond donors (Lipinski definition) is 0. The quantitative estimate of drug-likeness (QED) is 0.645. The van der Waals surface area contributed by atoms with Crippen molar-refractivity contribution in [3.05, 3.63) is 57.8 Å². The summed E-state index contributed by atoms with van der Waals surface area (Å²) in [5.74, 6) is -0.605. The number of methoxy groups -OCH3 is 1. The lowest BCUT2D eigenvalue weighted by Gasteiger charge is -2.00. The van der Waals surface area contributed by atoms with Crippen molar-refractivity contribution < 1.29 is 14.3 Å². The molecule has 0 aliphatic rings. The monoisotopic (exact) mass is 321 g/mol. The standard InChI is InChI=1S/C14H12BrNO3/c1-16-8-9(7-12(16)14(18)19-2)13(17)10-5-3-4-6-11(10)15/h3-8H,1-2H3. The van der Waals surface area contributed by atoms with Gasteiger partial charge in [0.25, 0.3) is 0 Å². The van der Waals surface area contributed by atoms with Crippen LogP contribution in [0, 0.1) is 0 Å². The van der Waals surface area contributed by atoms with Crippen LogP contribution in [0.3, 0.4) is 0 Å². The molecule has 0 N–H and O–H groups in total. The number of nitrogens with zero attached hydrogens (tertiary/aromatic N) is 1. The number of halogens is 1. The summed E-state index contributed by atoms with van der Waals surface area (Å²) in [6, 6.07) is 8.70. The van der Waals surface area contributed by atoms with Gasteiger partial charge in [0.2, 0.25) is 0 Å². The van der Waals surface area contributed by atoms with E-state index < -0.39 is 5.97 Å². The Morgan fingerprint density at radius 3 is 2.58 bits per heavy atom. The molecule has 5 heteroatoms. The van der Waals surface area contributed by atoms with Crippen LogP contribution >= 0.6 is 15.9 Å². The van der Waals surface area contributed by atoms with Gasteiger partial charge < -0.3 is 9.30 Å². The Morgan fingerprint density at radius 2 is 1.95 bits per heavy atom. The lowest BCUT2D eigenvalue weighted by atomic mass is 10.1. The number of esters is 1. The van der Waals surface area contributed by atoms with E-state index in [1.807, 2.05) is 6.07 Å². The molecule has 0 saturated heterocycles. The summed E-state index contributed by atoms with van der Waals surface area (Å²) in [6.45, 7) is 0. The lowest BCUT2D eigenvalue weighted by molar-refractivity contribution is 0.0590. The van der Waals surface area contributed by atoms with E-state index in [2.05, 4.69) is 20.7 Å². The third kappa shape index (κ3) is 2.61. The predicted molar refractivity (Wildman–Crippen MR) is 74.3 cm³/mol. The highest BCUT2D eigenvalue weighted by Crippen LogP contribution is 2.21. The molecule has 0 saturated carbocycles. The van der Waals surface area contributed by atoms with Gasteiger partial charge in [-0.2, -0.15) is 0 Å². The van der Waals surface area contributed by atoms with Crippen LogP contribution in [0.5, 0.6) is 0 Å². The van der Waals surface area contributed by atoms with Gasteiger partial charge in [-0.15, -0.1) is 0 Å². The van der Waals surface area contributed by atoms with Crippen LogP contribution in [-0.4, -0.2) is 23.4 Å². The zero-order chi connectivity index (χ0) is 14.0. The molecule has 0 unspecified atom stereocenters. The van der Waals surface area contributed by atoms with Crippen LogP contribution < -0.4 is 0 Å². The largest absolute Gasteiger partial charge is 0.464 e. The first-order chi connectivity index (χ1) is 9.04. The molecule has 0 amide bonds. The summed E-state index contributed by atoms with van der Waals surface area (Å²) >= 11 is 3.34. The summed E-state index contributed by atoms with van der Waals surface area (Å²) in [5.41, 5.74) is 1.36. The Bertz CT molecular complexity index is 646. The number of carbonyl (C=O) groups is 2. The minimum atomic E-state index is -0.464. The third-order valence-corrected chi connectivity index (χ3v) is 3.47. The number of aromatic nitrogens is 1. The van der Waals surface area contributed by atoms with Crippen molar-refractivity contribution in [3.8, 4) is 0 Å². The summed E-state index contributed by atoms with van der Waals surface area (Å²) in [6.07, 6.45) is 1.62. The van der Waals surface area contributed by atoms with Gasteiger partial charge >= 0.3 is 5.97 Å². The van der Waals surface area contributed by atoms with Gasteiger partial charge in [0.1, 0.15) is 5.69 Å². The molecule has 2 rings (SSSR count). The molecular weight excluding hydrogens is 310 g/mol. The molecular formula is C14H12BrNO3. The number of aryl methyl sites for hydroxylation is 1. The molecule has 19 heavy (non-hydrogen) atoms. The van der Waals surface area contributed by atoms with E-state index in [0.29, 0.717) is 16.8 Å². The van der Waals surface area contributed by atoms with Crippen molar-refractivity contribution in [1.82, 2.24) is 4.57 Å². The average molecular weight is 322 g/mol. The zero-order valence-corrected chi connectivity index (χ0v) is 12.1. The van der Waals surface area contributed by atoms with Gasteiger partial charge in [-0.1, -0.05) is 28.1 Å². The second kappa shape index (κ2) is 5.40. The number of benzene rings is 1. The van der Waals surface area contributed by atoms with Crippen LogP contribution in [0.2, 0.25) is 0 Å². The molecule has 0 atom stereocenters. The summed E-state index contributed by atoms with van der Waals surface area (Å²) in [4.78, 5) is 23.9. The molecule has 0 fully saturated rings. The fraction of sp³-hybridized carbons (Fsp3) is 0.143. The van der Waals surface area contributed by atoms with Gasteiger partial charge in [0.15, 0.2) is 5.78 Å². The second-order valence-electron chi connectivity index (χ2n) is 4.03. The molecule has 0 spiro atoms. The van der Waals surface area contributed by atoms with Crippen LogP contribution in [0.1, 0.15) is 26.4 Å². The zero-order valence-electron chi connectivity index (χ0n) is 10.5. The Labute approximate surface area is 119 Å². The SMILES string of the molecule is COC(=O)c1cc(C(=O)c2ccccc2Br)cn1C. The maximum absolute atomic E-state index is 12.3. The molecule has 0 aliphatic heterocycles. The first-order valence-corrected chi connectivity index (χ1v) is 6.37. The average Bonchev–Trinajstić information content (AvgIpc) is 2.80. The van der Waals surface area contributed by atoms with E-state index >= 15 is 0 Å². The van der Waals surface area contributed by atoms with Gasteiger partial charge in [-0.05, 0) is 18.2 Å². The summed E-state index contributed by atoms with van der Waals surface area (Å²) < 4.78 is 6.96. The van der Waals surface area contributed by atoms with Crippen molar-refractivity contribution in [2.45, 2.75) is 0 Å². The summed E-state index contributed by atoms with van der Waals surface area (Å²) in [7, 11) is 3.01. The number of hydrogen-bond acceptors (Lipinski definition) is 3. The van der Waals surface area contributed by atoms with Crippen LogP contribution in [-0.2, 0) is 11.8 Å². The fourth-order valence-corrected chi connectivity index (χ4v) is 2.26. The van der Waals surface area contributed by atoms with E-state index in [9.17, 15) is 9.59 Å². The highest BCUT2D eigenvalue weighted by Gasteiger charge is 2.18. The Hall–Kier alpha value is -1.88. The maximum atomic E-state index is 12.3. The molecule has 1 aromatic heterocycles. The van der Waals surface area contributed by atoms with Crippen LogP contribution in [0.25, 0.3) is 0 Å². The molecule has 0 bridgehead atoms. The molecule has 0 radical (unpaired) electrons. The summed E-state index contributed by atoms with van der Waals surface area (Å²) in [5, 5.41) is 0. The molecule has 4 nitrogen and oxygen atoms in total. The first-order valence-electron chi connectivity index (χ1n) is 5.58. The van der Waals surface area contributed by atoms with Crippen molar-refractivity contribution in [2.75, 3.05) is 7.11 Å². The lowest BCUT2D eigenvalue weighted by Crippen LogP contribution is -2.06. The molecule has 2 aromatic rings. The van der Waals surface area contributed by atoms with Crippen LogP contribution in [0.15, 0.2) is 41.0 Å². The van der Waals surface area contributed by atoms with Crippen molar-refractivity contribution in [1.29, 1.82) is 0 Å². The first kappa shape index (κ1) is 13.5. The van der Waals surface area contributed by atoms with Crippen molar-refractivity contribution >= 4 is 27.7 Å². The highest BCUT2D eigenvalue weighted by atomic mass is 79.9.